The molecule has 1 saturated heterocycles. The summed E-state index contributed by atoms with van der Waals surface area (Å²) in [5.74, 6) is -6.00. The van der Waals surface area contributed by atoms with Gasteiger partial charge in [-0.25, -0.2) is 4.79 Å². The molecule has 6 N–H and O–H groups in total. The number of likely N-dealkylation sites (N-methyl/N-ethyl adjacent to an activating group) is 2. The molecule has 3 aromatic rings. The summed E-state index contributed by atoms with van der Waals surface area (Å²) in [7, 11) is 6.10. The van der Waals surface area contributed by atoms with Crippen molar-refractivity contribution >= 4 is 64.9 Å². The molecule has 0 spiro atoms. The summed E-state index contributed by atoms with van der Waals surface area (Å²) in [5.41, 5.74) is 2.02. The van der Waals surface area contributed by atoms with Crippen LogP contribution in [0, 0.1) is 40.9 Å². The smallest absolute Gasteiger partial charge is 0.410 e. The number of carbonyl (C=O) groups is 10. The number of hydrogen-bond acceptors (Lipinski definition) is 16. The molecule has 12 atom stereocenters. The molecule has 530 valence electrons. The maximum Gasteiger partial charge on any atom is 0.410 e. The van der Waals surface area contributed by atoms with Gasteiger partial charge in [-0.3, -0.25) is 53.0 Å². The van der Waals surface area contributed by atoms with Gasteiger partial charge < -0.3 is 60.4 Å². The number of methoxy groups -OCH3 is 2. The van der Waals surface area contributed by atoms with E-state index in [1.807, 2.05) is 38.1 Å². The number of unbranched alkanes of at least 4 members (excludes halogenated alkanes) is 2. The number of ether oxygens (including phenoxy) is 4. The first-order chi connectivity index (χ1) is 46.0. The molecule has 0 aromatic heterocycles. The van der Waals surface area contributed by atoms with Crippen molar-refractivity contribution in [1.82, 2.24) is 40.9 Å². The van der Waals surface area contributed by atoms with Crippen LogP contribution in [0.1, 0.15) is 150 Å². The molecule has 0 radical (unpaired) electrons. The third-order valence-corrected chi connectivity index (χ3v) is 18.2. The van der Waals surface area contributed by atoms with E-state index >= 15 is 0 Å². The lowest BCUT2D eigenvalue weighted by Crippen LogP contribution is -2.60. The van der Waals surface area contributed by atoms with Gasteiger partial charge in [0.1, 0.15) is 36.5 Å². The Morgan fingerprint density at radius 1 is 0.722 bits per heavy atom. The van der Waals surface area contributed by atoms with Crippen molar-refractivity contribution in [3.63, 3.8) is 0 Å². The topological polar surface area (TPSA) is 325 Å². The summed E-state index contributed by atoms with van der Waals surface area (Å²) >= 11 is 0. The van der Waals surface area contributed by atoms with Crippen LogP contribution < -0.4 is 31.3 Å². The van der Waals surface area contributed by atoms with Gasteiger partial charge in [-0.1, -0.05) is 118 Å². The van der Waals surface area contributed by atoms with Gasteiger partial charge in [-0.2, -0.15) is 5.26 Å². The number of benzene rings is 3. The van der Waals surface area contributed by atoms with Crippen molar-refractivity contribution in [2.45, 2.75) is 195 Å². The Morgan fingerprint density at radius 3 is 1.96 bits per heavy atom. The summed E-state index contributed by atoms with van der Waals surface area (Å²) in [5, 5.41) is 34.0. The molecule has 10 amide bonds. The number of anilines is 1. The highest BCUT2D eigenvalue weighted by Crippen LogP contribution is 2.31. The van der Waals surface area contributed by atoms with Gasteiger partial charge in [0.15, 0.2) is 5.76 Å². The molecule has 25 nitrogen and oxygen atoms in total. The molecule has 0 unspecified atom stereocenters. The van der Waals surface area contributed by atoms with E-state index in [1.54, 1.807) is 109 Å². The Hall–Kier alpha value is -8.73. The Kier molecular flexibility index (Phi) is 30.7. The van der Waals surface area contributed by atoms with Gasteiger partial charge in [0, 0.05) is 53.5 Å². The lowest BCUT2D eigenvalue weighted by Gasteiger charge is -2.41. The van der Waals surface area contributed by atoms with Crippen molar-refractivity contribution in [2.24, 2.45) is 29.6 Å². The van der Waals surface area contributed by atoms with Crippen molar-refractivity contribution in [3.05, 3.63) is 107 Å². The zero-order valence-electron chi connectivity index (χ0n) is 58.9. The highest BCUT2D eigenvalue weighted by molar-refractivity contribution is 6.15. The Morgan fingerprint density at radius 2 is 1.37 bits per heavy atom. The predicted molar refractivity (Wildman–Crippen MR) is 363 cm³/mol. The molecule has 3 aromatic carbocycles. The van der Waals surface area contributed by atoms with Crippen LogP contribution in [0.5, 0.6) is 5.75 Å². The monoisotopic (exact) mass is 1350 g/mol. The van der Waals surface area contributed by atoms with E-state index in [-0.39, 0.29) is 61.3 Å². The molecule has 2 aliphatic rings. The lowest BCUT2D eigenvalue weighted by molar-refractivity contribution is -0.148. The fourth-order valence-electron chi connectivity index (χ4n) is 12.2. The Labute approximate surface area is 571 Å². The van der Waals surface area contributed by atoms with Gasteiger partial charge in [0.05, 0.1) is 66.5 Å². The highest BCUT2D eigenvalue weighted by Gasteiger charge is 2.44. The molecule has 1 fully saturated rings. The first-order valence-electron chi connectivity index (χ1n) is 33.6. The minimum Gasteiger partial charge on any atom is -0.451 e. The molecular formula is C72H102N10O15. The van der Waals surface area contributed by atoms with Gasteiger partial charge in [0.2, 0.25) is 41.4 Å². The largest absolute Gasteiger partial charge is 0.451 e. The molecule has 2 aliphatic heterocycles. The van der Waals surface area contributed by atoms with E-state index in [4.69, 9.17) is 24.2 Å². The van der Waals surface area contributed by atoms with Gasteiger partial charge in [-0.05, 0) is 111 Å². The summed E-state index contributed by atoms with van der Waals surface area (Å²) in [6.45, 7) is 19.9. The number of aliphatic hydroxyl groups is 1. The SMILES string of the molecule is CC[C@H](C)[C@@H]([C@@H](CC(=O)N1CCC[C@H]1[C@H](OC)[C@@H](C)C(=O)N[C@H](C)[C@@H](O)c1ccccc1)OC)N(C)C(=O)[C@@H](NC(=O)[C@H](C(C)C)N(C)C(=O)OCc1ccc(NC(=O)[C@H](C)NC(=O)[C@@H](NC(=O)CCCCCN2C(=O)C=C(Oc3ccc(C#N)cc3)C2=O)C(C)C)cc1)C(C)C. The number of hydrogen-bond donors (Lipinski definition) is 6. The second-order valence-electron chi connectivity index (χ2n) is 26.4. The highest BCUT2D eigenvalue weighted by atomic mass is 16.6. The van der Waals surface area contributed by atoms with Crippen molar-refractivity contribution in [3.8, 4) is 11.8 Å². The molecular weight excluding hydrogens is 1240 g/mol. The Balaban J connectivity index is 1.09. The van der Waals surface area contributed by atoms with Crippen LogP contribution in [0.4, 0.5) is 10.5 Å². The van der Waals surface area contributed by atoms with Crippen LogP contribution in [0.15, 0.2) is 90.7 Å². The molecule has 0 aliphatic carbocycles. The van der Waals surface area contributed by atoms with E-state index in [2.05, 4.69) is 26.6 Å². The maximum atomic E-state index is 14.8. The first kappa shape index (κ1) is 79.0. The maximum absolute atomic E-state index is 14.8. The van der Waals surface area contributed by atoms with E-state index < -0.39 is 120 Å². The van der Waals surface area contributed by atoms with Crippen molar-refractivity contribution in [2.75, 3.05) is 46.7 Å². The number of rotatable bonds is 36. The molecule has 0 bridgehead atoms. The van der Waals surface area contributed by atoms with Crippen LogP contribution in [-0.4, -0.2) is 180 Å². The number of likely N-dealkylation sites (tertiary alicyclic amines) is 1. The van der Waals surface area contributed by atoms with Crippen LogP contribution in [-0.2, 0) is 64.0 Å². The summed E-state index contributed by atoms with van der Waals surface area (Å²) in [4.78, 5) is 142. The third-order valence-electron chi connectivity index (χ3n) is 18.2. The van der Waals surface area contributed by atoms with Crippen LogP contribution in [0.2, 0.25) is 0 Å². The van der Waals surface area contributed by atoms with E-state index in [9.17, 15) is 53.1 Å². The second kappa shape index (κ2) is 37.7. The number of aliphatic hydroxyl groups excluding tert-OH is 1. The minimum atomic E-state index is -1.07. The third kappa shape index (κ3) is 21.9. The summed E-state index contributed by atoms with van der Waals surface area (Å²) in [6, 6.07) is 17.9. The van der Waals surface area contributed by atoms with Gasteiger partial charge >= 0.3 is 6.09 Å². The number of nitriles is 1. The normalized spacial score (nSPS) is 17.3. The van der Waals surface area contributed by atoms with E-state index in [0.717, 1.165) is 11.0 Å². The molecule has 25 heteroatoms. The quantitative estimate of drug-likeness (QED) is 0.0254. The van der Waals surface area contributed by atoms with Crippen molar-refractivity contribution < 1.29 is 72.0 Å². The van der Waals surface area contributed by atoms with E-state index in [0.29, 0.717) is 73.2 Å². The fourth-order valence-corrected chi connectivity index (χ4v) is 12.2. The van der Waals surface area contributed by atoms with Crippen LogP contribution in [0.25, 0.3) is 0 Å². The van der Waals surface area contributed by atoms with Gasteiger partial charge in [0.25, 0.3) is 11.8 Å². The molecule has 5 rings (SSSR count). The average molecular weight is 1350 g/mol. The summed E-state index contributed by atoms with van der Waals surface area (Å²) < 4.78 is 23.3. The second-order valence-corrected chi connectivity index (χ2v) is 26.4. The fraction of sp³-hybridized carbons (Fsp3) is 0.569. The molecule has 2 heterocycles. The molecule has 97 heavy (non-hydrogen) atoms. The Bertz CT molecular complexity index is 3250. The minimum absolute atomic E-state index is 0.0724. The lowest BCUT2D eigenvalue weighted by atomic mass is 9.89. The van der Waals surface area contributed by atoms with Crippen LogP contribution in [0.3, 0.4) is 0 Å². The number of nitrogens with one attached hydrogen (secondary N) is 5. The zero-order valence-corrected chi connectivity index (χ0v) is 58.9. The first-order valence-corrected chi connectivity index (χ1v) is 33.6. The average Bonchev–Trinajstić information content (AvgIpc) is 1.50. The predicted octanol–water partition coefficient (Wildman–Crippen LogP) is 6.93. The standard InChI is InChI=1S/C72H102N10O15/c1-16-45(8)63(55(94-14)38-58(84)81-37-23-26-54(81)65(95-15)46(9)66(87)74-47(10)64(86)51-24-19-17-20-25-51)79(12)71(92)61(43(4)5)78-69(90)62(44(6)7)80(13)72(93)96-41-50-28-32-52(33-29-50)76-67(88)48(11)75-68(89)60(42(2)3)77-57(83)27-21-18-22-36-82-59(85)39-56(70(82)91)97-53-34-30-49(40-73)31-35-53/h17,19-20,24-25,28-35,39,42-48,54-55,60-65,86H,16,18,21-23,26-27,36-38,41H2,1-15H3,(H,74,87)(H,75,89)(H,76,88)(H,77,83)(H,78,90)/t45-,46+,47+,48-,54-,55+,60-,61-,62-,63-,64+,65+/m0/s1. The summed E-state index contributed by atoms with van der Waals surface area (Å²) in [6.07, 6.45) is 1.16. The number of imide groups is 1. The number of nitrogens with zero attached hydrogens (tertiary/aromatic N) is 5. The van der Waals surface area contributed by atoms with E-state index in [1.165, 1.54) is 57.4 Å². The number of amides is 10. The zero-order chi connectivity index (χ0) is 72.0. The van der Waals surface area contributed by atoms with Crippen molar-refractivity contribution in [1.29, 1.82) is 5.26 Å². The number of carbonyl (C=O) groups excluding carboxylic acids is 10. The van der Waals surface area contributed by atoms with Gasteiger partial charge in [-0.15, -0.1) is 0 Å². The molecule has 0 saturated carbocycles. The van der Waals surface area contributed by atoms with Crippen LogP contribution >= 0.6 is 0 Å².